The largest absolute Gasteiger partial charge is 0.297 e. The summed E-state index contributed by atoms with van der Waals surface area (Å²) in [6.45, 7) is 10.1. The Morgan fingerprint density at radius 2 is 2.00 bits per heavy atom. The smallest absolute Gasteiger partial charge is 0.157 e. The molecule has 1 aromatic heterocycles. The Bertz CT molecular complexity index is 326. The summed E-state index contributed by atoms with van der Waals surface area (Å²) in [5.74, 6) is 0.304. The minimum atomic E-state index is -0.354. The lowest BCUT2D eigenvalue weighted by molar-refractivity contribution is -0.128. The van der Waals surface area contributed by atoms with Gasteiger partial charge < -0.3 is 0 Å². The number of likely N-dealkylation sites (N-methyl/N-ethyl adjacent to an activating group) is 1. The summed E-state index contributed by atoms with van der Waals surface area (Å²) in [7, 11) is 0. The average molecular weight is 239 g/mol. The van der Waals surface area contributed by atoms with Crippen LogP contribution in [0, 0.1) is 0 Å². The first kappa shape index (κ1) is 13.4. The van der Waals surface area contributed by atoms with Crippen LogP contribution in [0.3, 0.4) is 0 Å². The normalized spacial score (nSPS) is 12.1. The van der Waals surface area contributed by atoms with E-state index < -0.39 is 0 Å². The van der Waals surface area contributed by atoms with Crippen molar-refractivity contribution in [1.82, 2.24) is 4.90 Å². The van der Waals surface area contributed by atoms with Gasteiger partial charge in [0.05, 0.1) is 5.54 Å². The van der Waals surface area contributed by atoms with E-state index in [1.165, 1.54) is 0 Å². The summed E-state index contributed by atoms with van der Waals surface area (Å²) < 4.78 is 0. The molecule has 0 aliphatic carbocycles. The highest BCUT2D eigenvalue weighted by molar-refractivity contribution is 7.10. The van der Waals surface area contributed by atoms with Gasteiger partial charge in [0.2, 0.25) is 0 Å². The van der Waals surface area contributed by atoms with Crippen molar-refractivity contribution in [2.24, 2.45) is 0 Å². The third-order valence-corrected chi connectivity index (χ3v) is 4.03. The van der Waals surface area contributed by atoms with E-state index >= 15 is 0 Å². The molecule has 0 amide bonds. The Morgan fingerprint density at radius 1 is 1.38 bits per heavy atom. The van der Waals surface area contributed by atoms with Crippen LogP contribution in [0.1, 0.15) is 32.6 Å². The van der Waals surface area contributed by atoms with Gasteiger partial charge >= 0.3 is 0 Å². The molecule has 0 saturated heterocycles. The minimum absolute atomic E-state index is 0.304. The van der Waals surface area contributed by atoms with E-state index in [0.717, 1.165) is 18.0 Å². The van der Waals surface area contributed by atoms with Crippen LogP contribution in [0.4, 0.5) is 0 Å². The van der Waals surface area contributed by atoms with E-state index in [2.05, 4.69) is 18.7 Å². The number of rotatable bonds is 6. The average Bonchev–Trinajstić information content (AvgIpc) is 2.71. The molecule has 1 rings (SSSR count). The molecule has 0 bridgehead atoms. The van der Waals surface area contributed by atoms with Crippen LogP contribution in [0.5, 0.6) is 0 Å². The highest BCUT2D eigenvalue weighted by Gasteiger charge is 2.32. The van der Waals surface area contributed by atoms with Crippen LogP contribution < -0.4 is 0 Å². The molecule has 0 unspecified atom stereocenters. The highest BCUT2D eigenvalue weighted by Crippen LogP contribution is 2.19. The fourth-order valence-corrected chi connectivity index (χ4v) is 2.68. The van der Waals surface area contributed by atoms with Gasteiger partial charge in [0.25, 0.3) is 0 Å². The number of hydrogen-bond donors (Lipinski definition) is 0. The van der Waals surface area contributed by atoms with Gasteiger partial charge in [0.1, 0.15) is 0 Å². The molecule has 0 aliphatic heterocycles. The molecule has 0 aromatic carbocycles. The Labute approximate surface area is 102 Å². The molecule has 16 heavy (non-hydrogen) atoms. The monoisotopic (exact) mass is 239 g/mol. The maximum Gasteiger partial charge on any atom is 0.157 e. The second kappa shape index (κ2) is 5.60. The van der Waals surface area contributed by atoms with Gasteiger partial charge in [-0.3, -0.25) is 9.69 Å². The number of ketones is 1. The van der Waals surface area contributed by atoms with Crippen molar-refractivity contribution < 1.29 is 4.79 Å². The molecule has 90 valence electrons. The standard InChI is InChI=1S/C13H21NOS/c1-5-14(6-2)13(3,4)12(15)10-11-8-7-9-16-11/h7-9H,5-6,10H2,1-4H3. The first-order chi connectivity index (χ1) is 7.52. The molecule has 0 saturated carbocycles. The van der Waals surface area contributed by atoms with Crippen LogP contribution in [0.2, 0.25) is 0 Å². The number of carbonyl (C=O) groups is 1. The van der Waals surface area contributed by atoms with E-state index in [1.807, 2.05) is 31.4 Å². The van der Waals surface area contributed by atoms with Crippen molar-refractivity contribution in [3.63, 3.8) is 0 Å². The van der Waals surface area contributed by atoms with E-state index in [1.54, 1.807) is 11.3 Å². The first-order valence-electron chi connectivity index (χ1n) is 5.83. The third kappa shape index (κ3) is 2.92. The molecule has 0 atom stereocenters. The van der Waals surface area contributed by atoms with Crippen LogP contribution in [-0.4, -0.2) is 29.3 Å². The quantitative estimate of drug-likeness (QED) is 0.760. The lowest BCUT2D eigenvalue weighted by Gasteiger charge is -2.35. The zero-order valence-electron chi connectivity index (χ0n) is 10.6. The summed E-state index contributed by atoms with van der Waals surface area (Å²) in [4.78, 5) is 15.6. The number of Topliss-reactive ketones (excluding diaryl/α,β-unsaturated/α-hetero) is 1. The van der Waals surface area contributed by atoms with Crippen molar-refractivity contribution in [3.8, 4) is 0 Å². The van der Waals surface area contributed by atoms with Gasteiger partial charge in [-0.1, -0.05) is 19.9 Å². The van der Waals surface area contributed by atoms with Gasteiger partial charge in [-0.25, -0.2) is 0 Å². The minimum Gasteiger partial charge on any atom is -0.297 e. The fraction of sp³-hybridized carbons (Fsp3) is 0.615. The van der Waals surface area contributed by atoms with Crippen LogP contribution >= 0.6 is 11.3 Å². The van der Waals surface area contributed by atoms with Crippen molar-refractivity contribution >= 4 is 17.1 Å². The molecule has 0 spiro atoms. The Morgan fingerprint density at radius 3 is 2.44 bits per heavy atom. The lowest BCUT2D eigenvalue weighted by atomic mass is 9.94. The predicted octanol–water partition coefficient (Wildman–Crippen LogP) is 2.98. The molecule has 0 aliphatic rings. The number of thiophene rings is 1. The van der Waals surface area contributed by atoms with E-state index in [0.29, 0.717) is 12.2 Å². The van der Waals surface area contributed by atoms with E-state index in [-0.39, 0.29) is 5.54 Å². The molecule has 1 heterocycles. The van der Waals surface area contributed by atoms with Gasteiger partial charge in [0, 0.05) is 11.3 Å². The zero-order chi connectivity index (χ0) is 12.2. The molecule has 3 heteroatoms. The maximum atomic E-state index is 12.3. The van der Waals surface area contributed by atoms with Gasteiger partial charge in [0.15, 0.2) is 5.78 Å². The summed E-state index contributed by atoms with van der Waals surface area (Å²) in [5.41, 5.74) is -0.354. The Kier molecular flexibility index (Phi) is 4.69. The molecule has 0 N–H and O–H groups in total. The van der Waals surface area contributed by atoms with E-state index in [4.69, 9.17) is 0 Å². The predicted molar refractivity (Wildman–Crippen MR) is 70.0 cm³/mol. The molecule has 0 fully saturated rings. The SMILES string of the molecule is CCN(CC)C(C)(C)C(=O)Cc1cccs1. The highest BCUT2D eigenvalue weighted by atomic mass is 32.1. The van der Waals surface area contributed by atoms with Gasteiger partial charge in [-0.2, -0.15) is 0 Å². The number of carbonyl (C=O) groups excluding carboxylic acids is 1. The van der Waals surface area contributed by atoms with Crippen molar-refractivity contribution in [2.45, 2.75) is 39.7 Å². The molecular weight excluding hydrogens is 218 g/mol. The second-order valence-electron chi connectivity index (χ2n) is 4.41. The van der Waals surface area contributed by atoms with Gasteiger partial charge in [-0.05, 0) is 38.4 Å². The Hall–Kier alpha value is -0.670. The van der Waals surface area contributed by atoms with Gasteiger partial charge in [-0.15, -0.1) is 11.3 Å². The zero-order valence-corrected chi connectivity index (χ0v) is 11.4. The number of hydrogen-bond acceptors (Lipinski definition) is 3. The fourth-order valence-electron chi connectivity index (χ4n) is 1.98. The van der Waals surface area contributed by atoms with Crippen molar-refractivity contribution in [3.05, 3.63) is 22.4 Å². The molecular formula is C13H21NOS. The maximum absolute atomic E-state index is 12.3. The first-order valence-corrected chi connectivity index (χ1v) is 6.71. The lowest BCUT2D eigenvalue weighted by Crippen LogP contribution is -2.50. The summed E-state index contributed by atoms with van der Waals surface area (Å²) in [6, 6.07) is 4.03. The second-order valence-corrected chi connectivity index (χ2v) is 5.44. The molecule has 0 radical (unpaired) electrons. The molecule has 2 nitrogen and oxygen atoms in total. The Balaban J connectivity index is 2.71. The van der Waals surface area contributed by atoms with Crippen molar-refractivity contribution in [2.75, 3.05) is 13.1 Å². The van der Waals surface area contributed by atoms with Crippen molar-refractivity contribution in [1.29, 1.82) is 0 Å². The summed E-state index contributed by atoms with van der Waals surface area (Å²) >= 11 is 1.65. The van der Waals surface area contributed by atoms with Crippen LogP contribution in [0.15, 0.2) is 17.5 Å². The summed E-state index contributed by atoms with van der Waals surface area (Å²) in [6.07, 6.45) is 0.557. The van der Waals surface area contributed by atoms with Crippen LogP contribution in [-0.2, 0) is 11.2 Å². The van der Waals surface area contributed by atoms with Crippen LogP contribution in [0.25, 0.3) is 0 Å². The number of nitrogens with zero attached hydrogens (tertiary/aromatic N) is 1. The van der Waals surface area contributed by atoms with E-state index in [9.17, 15) is 4.79 Å². The molecule has 1 aromatic rings. The third-order valence-electron chi connectivity index (χ3n) is 3.15. The summed E-state index contributed by atoms with van der Waals surface area (Å²) in [5, 5.41) is 2.02. The topological polar surface area (TPSA) is 20.3 Å².